The van der Waals surface area contributed by atoms with Crippen LogP contribution < -0.4 is 0 Å². The molecule has 0 aromatic heterocycles. The molecule has 0 unspecified atom stereocenters. The lowest BCUT2D eigenvalue weighted by Gasteiger charge is -2.07. The van der Waals surface area contributed by atoms with E-state index in [2.05, 4.69) is 30.4 Å². The highest BCUT2D eigenvalue weighted by Crippen LogP contribution is 2.21. The number of hydrogen-bond acceptors (Lipinski definition) is 0. The van der Waals surface area contributed by atoms with Crippen molar-refractivity contribution < 1.29 is 0 Å². The quantitative estimate of drug-likeness (QED) is 0.486. The predicted octanol–water partition coefficient (Wildman–Crippen LogP) is 2.73. The highest BCUT2D eigenvalue weighted by atomic mass is 14.1. The molecular weight excluding hydrogens is 132 g/mol. The second-order valence-corrected chi connectivity index (χ2v) is 2.62. The van der Waals surface area contributed by atoms with E-state index >= 15 is 0 Å². The third-order valence-electron chi connectivity index (χ3n) is 1.85. The summed E-state index contributed by atoms with van der Waals surface area (Å²) < 4.78 is 0. The third-order valence-corrected chi connectivity index (χ3v) is 1.85. The Balaban J connectivity index is 2.44. The van der Waals surface area contributed by atoms with E-state index in [1.807, 2.05) is 18.2 Å². The number of hydrogen-bond donors (Lipinski definition) is 0. The lowest BCUT2D eigenvalue weighted by atomic mass is 9.98. The highest BCUT2D eigenvalue weighted by molar-refractivity contribution is 5.48. The van der Waals surface area contributed by atoms with Gasteiger partial charge in [-0.1, -0.05) is 36.5 Å². The Bertz CT molecular complexity index is 296. The van der Waals surface area contributed by atoms with E-state index < -0.39 is 0 Å². The average molecular weight is 141 g/mol. The normalized spacial score (nSPS) is 20.4. The van der Waals surface area contributed by atoms with E-state index in [1.165, 1.54) is 11.1 Å². The maximum absolute atomic E-state index is 3.09. The van der Waals surface area contributed by atoms with E-state index in [-0.39, 0.29) is 0 Å². The van der Waals surface area contributed by atoms with Gasteiger partial charge >= 0.3 is 0 Å². The smallest absolute Gasteiger partial charge is 0.00884 e. The van der Waals surface area contributed by atoms with Crippen LogP contribution in [0.3, 0.4) is 0 Å². The van der Waals surface area contributed by atoms with Crippen LogP contribution in [-0.4, -0.2) is 0 Å². The molecule has 2 aliphatic rings. The number of fused-ring (bicyclic) bond motifs is 1. The minimum Gasteiger partial charge on any atom is -0.0801 e. The maximum Gasteiger partial charge on any atom is -0.00884 e. The van der Waals surface area contributed by atoms with Crippen molar-refractivity contribution >= 4 is 0 Å². The molecule has 0 atom stereocenters. The van der Waals surface area contributed by atoms with Gasteiger partial charge in [-0.15, -0.1) is 0 Å². The third kappa shape index (κ3) is 1.25. The summed E-state index contributed by atoms with van der Waals surface area (Å²) in [5, 5.41) is 0. The van der Waals surface area contributed by atoms with Gasteiger partial charge in [0.1, 0.15) is 0 Å². The van der Waals surface area contributed by atoms with Crippen LogP contribution in [0.15, 0.2) is 53.7 Å². The zero-order valence-electron chi connectivity index (χ0n) is 6.25. The number of rotatable bonds is 0. The topological polar surface area (TPSA) is 0 Å². The molecule has 0 aromatic rings. The zero-order valence-corrected chi connectivity index (χ0v) is 6.25. The summed E-state index contributed by atoms with van der Waals surface area (Å²) in [4.78, 5) is 0. The maximum atomic E-state index is 3.09. The molecule has 0 nitrogen and oxygen atoms in total. The van der Waals surface area contributed by atoms with Crippen molar-refractivity contribution in [3.8, 4) is 0 Å². The van der Waals surface area contributed by atoms with Gasteiger partial charge in [0.2, 0.25) is 0 Å². The summed E-state index contributed by atoms with van der Waals surface area (Å²) in [6, 6.07) is 0. The molecule has 0 aromatic carbocycles. The van der Waals surface area contributed by atoms with E-state index in [0.29, 0.717) is 0 Å². The Hall–Kier alpha value is -1.30. The fraction of sp³-hybridized carbons (Fsp3) is 0.0909. The van der Waals surface area contributed by atoms with Crippen LogP contribution in [0.1, 0.15) is 6.42 Å². The van der Waals surface area contributed by atoms with E-state index in [1.54, 1.807) is 0 Å². The second kappa shape index (κ2) is 2.75. The summed E-state index contributed by atoms with van der Waals surface area (Å²) in [7, 11) is 0. The van der Waals surface area contributed by atoms with E-state index in [4.69, 9.17) is 0 Å². The molecule has 0 spiro atoms. The molecule has 0 bridgehead atoms. The van der Waals surface area contributed by atoms with Gasteiger partial charge in [-0.2, -0.15) is 0 Å². The molecule has 2 rings (SSSR count). The van der Waals surface area contributed by atoms with Crippen LogP contribution in [0, 0.1) is 6.08 Å². The van der Waals surface area contributed by atoms with Gasteiger partial charge in [-0.3, -0.25) is 0 Å². The summed E-state index contributed by atoms with van der Waals surface area (Å²) >= 11 is 0. The van der Waals surface area contributed by atoms with Gasteiger partial charge in [0.05, 0.1) is 0 Å². The molecular formula is C11H9. The van der Waals surface area contributed by atoms with Crippen LogP contribution in [0.5, 0.6) is 0 Å². The Morgan fingerprint density at radius 2 is 2.18 bits per heavy atom. The molecule has 0 N–H and O–H groups in total. The fourth-order valence-electron chi connectivity index (χ4n) is 1.25. The van der Waals surface area contributed by atoms with Crippen molar-refractivity contribution in [2.45, 2.75) is 6.42 Å². The Morgan fingerprint density at radius 1 is 1.18 bits per heavy atom. The van der Waals surface area contributed by atoms with Crippen molar-refractivity contribution in [2.75, 3.05) is 0 Å². The van der Waals surface area contributed by atoms with Gasteiger partial charge in [0.25, 0.3) is 0 Å². The molecule has 0 saturated heterocycles. The van der Waals surface area contributed by atoms with Gasteiger partial charge in [-0.05, 0) is 29.7 Å². The minimum absolute atomic E-state index is 1.05. The van der Waals surface area contributed by atoms with Crippen molar-refractivity contribution in [2.24, 2.45) is 0 Å². The minimum atomic E-state index is 1.05. The Labute approximate surface area is 66.9 Å². The summed E-state index contributed by atoms with van der Waals surface area (Å²) in [5.74, 6) is 0. The first-order valence-corrected chi connectivity index (χ1v) is 3.79. The van der Waals surface area contributed by atoms with Crippen molar-refractivity contribution in [1.82, 2.24) is 0 Å². The average Bonchev–Trinajstić information content (AvgIpc) is 2.28. The first kappa shape index (κ1) is 6.41. The summed E-state index contributed by atoms with van der Waals surface area (Å²) in [6.07, 6.45) is 18.7. The van der Waals surface area contributed by atoms with Crippen molar-refractivity contribution in [3.63, 3.8) is 0 Å². The van der Waals surface area contributed by atoms with Crippen molar-refractivity contribution in [3.05, 3.63) is 59.8 Å². The van der Waals surface area contributed by atoms with Crippen LogP contribution in [0.25, 0.3) is 0 Å². The van der Waals surface area contributed by atoms with Crippen LogP contribution in [0.2, 0.25) is 0 Å². The highest BCUT2D eigenvalue weighted by Gasteiger charge is 2.02. The molecule has 0 saturated carbocycles. The van der Waals surface area contributed by atoms with Crippen molar-refractivity contribution in [1.29, 1.82) is 0 Å². The SMILES string of the molecule is [C]1=CC2=CC=CCC2=CC=C1. The predicted molar refractivity (Wildman–Crippen MR) is 46.9 cm³/mol. The molecule has 11 heavy (non-hydrogen) atoms. The standard InChI is InChI=1S/C11H9/c1-2-6-10-8-4-5-9-11(10)7-3-1/h1-2,4-7,9H,8H2. The summed E-state index contributed by atoms with van der Waals surface area (Å²) in [5.41, 5.74) is 2.67. The van der Waals surface area contributed by atoms with E-state index in [9.17, 15) is 0 Å². The van der Waals surface area contributed by atoms with Gasteiger partial charge in [0, 0.05) is 0 Å². The van der Waals surface area contributed by atoms with Gasteiger partial charge in [0.15, 0.2) is 0 Å². The molecule has 0 fully saturated rings. The lowest BCUT2D eigenvalue weighted by Crippen LogP contribution is -1.88. The Kier molecular flexibility index (Phi) is 1.60. The molecule has 1 radical (unpaired) electrons. The molecule has 53 valence electrons. The molecule has 0 heterocycles. The van der Waals surface area contributed by atoms with Gasteiger partial charge < -0.3 is 0 Å². The number of allylic oxidation sites excluding steroid dienone is 10. The second-order valence-electron chi connectivity index (χ2n) is 2.62. The molecule has 2 aliphatic carbocycles. The lowest BCUT2D eigenvalue weighted by molar-refractivity contribution is 1.22. The first-order chi connectivity index (χ1) is 5.47. The largest absolute Gasteiger partial charge is 0.0801 e. The first-order valence-electron chi connectivity index (χ1n) is 3.79. The van der Waals surface area contributed by atoms with E-state index in [0.717, 1.165) is 6.42 Å². The Morgan fingerprint density at radius 3 is 3.18 bits per heavy atom. The van der Waals surface area contributed by atoms with Crippen LogP contribution >= 0.6 is 0 Å². The zero-order chi connectivity index (χ0) is 7.52. The van der Waals surface area contributed by atoms with Gasteiger partial charge in [-0.25, -0.2) is 0 Å². The van der Waals surface area contributed by atoms with Crippen LogP contribution in [-0.2, 0) is 0 Å². The van der Waals surface area contributed by atoms with Crippen LogP contribution in [0.4, 0.5) is 0 Å². The monoisotopic (exact) mass is 141 g/mol. The molecule has 0 heteroatoms. The summed E-state index contributed by atoms with van der Waals surface area (Å²) in [6.45, 7) is 0. The fourth-order valence-corrected chi connectivity index (χ4v) is 1.25. The molecule has 0 amide bonds. The molecule has 0 aliphatic heterocycles.